The molecule has 2 atom stereocenters. The second-order valence-corrected chi connectivity index (χ2v) is 4.77. The minimum atomic E-state index is -1.20. The van der Waals surface area contributed by atoms with Crippen LogP contribution < -0.4 is 5.73 Å². The molecule has 0 spiro atoms. The smallest absolute Gasteiger partial charge is 0.326 e. The predicted molar refractivity (Wildman–Crippen MR) is 57.1 cm³/mol. The third-order valence-corrected chi connectivity index (χ3v) is 3.37. The van der Waals surface area contributed by atoms with Gasteiger partial charge in [0.25, 0.3) is 0 Å². The van der Waals surface area contributed by atoms with E-state index in [0.29, 0.717) is 6.61 Å². The largest absolute Gasteiger partial charge is 0.480 e. The molecule has 92 valence electrons. The number of aliphatic carboxylic acids is 1. The van der Waals surface area contributed by atoms with Gasteiger partial charge in [-0.1, -0.05) is 0 Å². The molecule has 2 rings (SSSR count). The van der Waals surface area contributed by atoms with Crippen molar-refractivity contribution in [3.8, 4) is 0 Å². The lowest BCUT2D eigenvalue weighted by Crippen LogP contribution is -2.54. The van der Waals surface area contributed by atoms with Gasteiger partial charge in [0.15, 0.2) is 0 Å². The van der Waals surface area contributed by atoms with Crippen molar-refractivity contribution >= 4 is 5.97 Å². The van der Waals surface area contributed by atoms with Crippen molar-refractivity contribution in [2.24, 2.45) is 11.7 Å². The molecule has 0 aromatic carbocycles. The first-order valence-electron chi connectivity index (χ1n) is 5.84. The highest BCUT2D eigenvalue weighted by atomic mass is 16.5. The molecule has 0 aromatic heterocycles. The molecule has 3 N–H and O–H groups in total. The average molecular weight is 229 g/mol. The second-order valence-electron chi connectivity index (χ2n) is 4.77. The summed E-state index contributed by atoms with van der Waals surface area (Å²) in [6.45, 7) is 1.33. The minimum Gasteiger partial charge on any atom is -0.480 e. The summed E-state index contributed by atoms with van der Waals surface area (Å²) in [5.74, 6) is -0.878. The first-order chi connectivity index (χ1) is 7.63. The number of carboxylic acids is 1. The maximum atomic E-state index is 11.1. The van der Waals surface area contributed by atoms with Crippen LogP contribution in [-0.2, 0) is 14.3 Å². The van der Waals surface area contributed by atoms with Crippen LogP contribution in [0.2, 0.25) is 0 Å². The van der Waals surface area contributed by atoms with E-state index in [4.69, 9.17) is 20.3 Å². The molecule has 2 unspecified atom stereocenters. The van der Waals surface area contributed by atoms with E-state index >= 15 is 0 Å². The van der Waals surface area contributed by atoms with Crippen molar-refractivity contribution in [3.05, 3.63) is 0 Å². The number of nitrogens with two attached hydrogens (primary N) is 1. The normalized spacial score (nSPS) is 28.9. The van der Waals surface area contributed by atoms with Gasteiger partial charge in [0.2, 0.25) is 0 Å². The fourth-order valence-electron chi connectivity index (χ4n) is 2.09. The number of carbonyl (C=O) groups is 1. The van der Waals surface area contributed by atoms with Gasteiger partial charge in [-0.15, -0.1) is 0 Å². The lowest BCUT2D eigenvalue weighted by molar-refractivity contribution is -0.147. The Bertz CT molecular complexity index is 261. The summed E-state index contributed by atoms with van der Waals surface area (Å²) in [7, 11) is 0. The van der Waals surface area contributed by atoms with Crippen molar-refractivity contribution in [1.29, 1.82) is 0 Å². The van der Waals surface area contributed by atoms with Gasteiger partial charge in [-0.05, 0) is 31.6 Å². The molecule has 0 bridgehead atoms. The SMILES string of the molecule is NC(COCC1CCCO1)(C(=O)O)C1CC1. The van der Waals surface area contributed by atoms with Crippen molar-refractivity contribution in [1.82, 2.24) is 0 Å². The zero-order valence-corrected chi connectivity index (χ0v) is 9.35. The van der Waals surface area contributed by atoms with Crippen LogP contribution in [-0.4, -0.2) is 42.5 Å². The van der Waals surface area contributed by atoms with Crippen LogP contribution >= 0.6 is 0 Å². The van der Waals surface area contributed by atoms with Gasteiger partial charge in [-0.2, -0.15) is 0 Å². The summed E-state index contributed by atoms with van der Waals surface area (Å²) >= 11 is 0. The molecule has 2 aliphatic rings. The molecular formula is C11H19NO4. The van der Waals surface area contributed by atoms with E-state index < -0.39 is 11.5 Å². The molecule has 0 radical (unpaired) electrons. The molecule has 2 fully saturated rings. The van der Waals surface area contributed by atoms with Crippen LogP contribution in [0.1, 0.15) is 25.7 Å². The number of hydrogen-bond donors (Lipinski definition) is 2. The number of ether oxygens (including phenoxy) is 2. The molecule has 1 aliphatic heterocycles. The van der Waals surface area contributed by atoms with Gasteiger partial charge >= 0.3 is 5.97 Å². The van der Waals surface area contributed by atoms with E-state index in [0.717, 1.165) is 32.3 Å². The summed E-state index contributed by atoms with van der Waals surface area (Å²) < 4.78 is 10.8. The van der Waals surface area contributed by atoms with E-state index in [1.165, 1.54) is 0 Å². The van der Waals surface area contributed by atoms with Crippen LogP contribution in [0, 0.1) is 5.92 Å². The highest BCUT2D eigenvalue weighted by Crippen LogP contribution is 2.38. The molecule has 5 heteroatoms. The van der Waals surface area contributed by atoms with E-state index in [-0.39, 0.29) is 18.6 Å². The van der Waals surface area contributed by atoms with Gasteiger partial charge in [-0.3, -0.25) is 4.79 Å². The highest BCUT2D eigenvalue weighted by Gasteiger charge is 2.48. The Morgan fingerprint density at radius 3 is 2.75 bits per heavy atom. The quantitative estimate of drug-likeness (QED) is 0.688. The van der Waals surface area contributed by atoms with E-state index in [1.54, 1.807) is 0 Å². The summed E-state index contributed by atoms with van der Waals surface area (Å²) in [5.41, 5.74) is 4.67. The molecule has 1 saturated heterocycles. The fraction of sp³-hybridized carbons (Fsp3) is 0.909. The van der Waals surface area contributed by atoms with E-state index in [1.807, 2.05) is 0 Å². The molecule has 1 aliphatic carbocycles. The molecule has 1 heterocycles. The third kappa shape index (κ3) is 2.53. The summed E-state index contributed by atoms with van der Waals surface area (Å²) in [6, 6.07) is 0. The average Bonchev–Trinajstić information content (AvgIpc) is 2.98. The van der Waals surface area contributed by atoms with Gasteiger partial charge in [0.05, 0.1) is 19.3 Å². The van der Waals surface area contributed by atoms with Crippen LogP contribution in [0.3, 0.4) is 0 Å². The first kappa shape index (κ1) is 11.8. The Balaban J connectivity index is 1.75. The highest BCUT2D eigenvalue weighted by molar-refractivity contribution is 5.79. The maximum absolute atomic E-state index is 11.1. The zero-order chi connectivity index (χ0) is 11.6. The van der Waals surface area contributed by atoms with Crippen LogP contribution in [0.5, 0.6) is 0 Å². The van der Waals surface area contributed by atoms with Crippen molar-refractivity contribution < 1.29 is 19.4 Å². The number of rotatable bonds is 6. The number of hydrogen-bond acceptors (Lipinski definition) is 4. The molecule has 1 saturated carbocycles. The van der Waals surface area contributed by atoms with E-state index in [2.05, 4.69) is 0 Å². The van der Waals surface area contributed by atoms with Gasteiger partial charge in [0.1, 0.15) is 5.54 Å². The topological polar surface area (TPSA) is 81.8 Å². The zero-order valence-electron chi connectivity index (χ0n) is 9.35. The molecular weight excluding hydrogens is 210 g/mol. The Labute approximate surface area is 94.9 Å². The standard InChI is InChI=1S/C11H19NO4/c12-11(10(13)14,8-3-4-8)7-15-6-9-2-1-5-16-9/h8-9H,1-7,12H2,(H,13,14). The van der Waals surface area contributed by atoms with Crippen LogP contribution in [0.15, 0.2) is 0 Å². The summed E-state index contributed by atoms with van der Waals surface area (Å²) in [5, 5.41) is 9.10. The van der Waals surface area contributed by atoms with Crippen LogP contribution in [0.4, 0.5) is 0 Å². The van der Waals surface area contributed by atoms with Gasteiger partial charge in [0, 0.05) is 6.61 Å². The maximum Gasteiger partial charge on any atom is 0.326 e. The van der Waals surface area contributed by atoms with Crippen molar-refractivity contribution in [2.75, 3.05) is 19.8 Å². The fourth-order valence-corrected chi connectivity index (χ4v) is 2.09. The Kier molecular flexibility index (Phi) is 3.47. The molecule has 5 nitrogen and oxygen atoms in total. The molecule has 0 amide bonds. The van der Waals surface area contributed by atoms with Gasteiger partial charge < -0.3 is 20.3 Å². The lowest BCUT2D eigenvalue weighted by Gasteiger charge is -2.24. The Hall–Kier alpha value is -0.650. The Morgan fingerprint density at radius 2 is 2.25 bits per heavy atom. The molecule has 0 aromatic rings. The second kappa shape index (κ2) is 4.69. The lowest BCUT2D eigenvalue weighted by atomic mass is 9.96. The predicted octanol–water partition coefficient (Wildman–Crippen LogP) is 0.374. The van der Waals surface area contributed by atoms with Gasteiger partial charge in [-0.25, -0.2) is 0 Å². The summed E-state index contributed by atoms with van der Waals surface area (Å²) in [6.07, 6.45) is 3.97. The van der Waals surface area contributed by atoms with E-state index in [9.17, 15) is 4.79 Å². The minimum absolute atomic E-state index is 0.0782. The first-order valence-corrected chi connectivity index (χ1v) is 5.84. The molecule has 16 heavy (non-hydrogen) atoms. The van der Waals surface area contributed by atoms with Crippen LogP contribution in [0.25, 0.3) is 0 Å². The Morgan fingerprint density at radius 1 is 1.50 bits per heavy atom. The van der Waals surface area contributed by atoms with Crippen molar-refractivity contribution in [3.63, 3.8) is 0 Å². The van der Waals surface area contributed by atoms with Crippen molar-refractivity contribution in [2.45, 2.75) is 37.3 Å². The third-order valence-electron chi connectivity index (χ3n) is 3.37. The number of carboxylic acid groups (broad SMARTS) is 1. The summed E-state index contributed by atoms with van der Waals surface area (Å²) in [4.78, 5) is 11.1. The monoisotopic (exact) mass is 229 g/mol.